The Morgan fingerprint density at radius 3 is 2.79 bits per heavy atom. The number of tetrazole rings is 1. The molecule has 0 saturated carbocycles. The summed E-state index contributed by atoms with van der Waals surface area (Å²) in [5, 5.41) is 12.8. The monoisotopic (exact) mass is 361 g/mol. The van der Waals surface area contributed by atoms with Crippen molar-refractivity contribution in [1.82, 2.24) is 20.2 Å². The summed E-state index contributed by atoms with van der Waals surface area (Å²) in [6.45, 7) is 0. The van der Waals surface area contributed by atoms with E-state index in [0.29, 0.717) is 0 Å². The zero-order valence-corrected chi connectivity index (χ0v) is 13.1. The van der Waals surface area contributed by atoms with Gasteiger partial charge < -0.3 is 0 Å². The Bertz CT molecular complexity index is 791. The molecule has 0 saturated heterocycles. The van der Waals surface area contributed by atoms with Crippen molar-refractivity contribution in [3.05, 3.63) is 28.8 Å². The first-order valence-electron chi connectivity index (χ1n) is 6.83. The Balaban J connectivity index is 2.05. The highest BCUT2D eigenvalue weighted by molar-refractivity contribution is 7.99. The quantitative estimate of drug-likeness (QED) is 0.833. The van der Waals surface area contributed by atoms with Gasteiger partial charge in [-0.2, -0.15) is 13.2 Å². The topological polar surface area (TPSA) is 72.7 Å². The van der Waals surface area contributed by atoms with Gasteiger partial charge in [0.1, 0.15) is 6.17 Å². The van der Waals surface area contributed by atoms with E-state index in [1.165, 1.54) is 11.7 Å². The number of rotatable bonds is 2. The highest BCUT2D eigenvalue weighted by atomic mass is 32.2. The van der Waals surface area contributed by atoms with Gasteiger partial charge in [-0.25, -0.2) is 9.07 Å². The van der Waals surface area contributed by atoms with E-state index in [1.807, 2.05) is 0 Å². The maximum absolute atomic E-state index is 14.3. The highest BCUT2D eigenvalue weighted by Crippen LogP contribution is 2.46. The first-order chi connectivity index (χ1) is 11.3. The molecule has 1 aromatic heterocycles. The van der Waals surface area contributed by atoms with Gasteiger partial charge in [-0.1, -0.05) is 5.10 Å². The molecule has 1 aliphatic rings. The smallest absolute Gasteiger partial charge is 0.289 e. The number of hydrogen-bond acceptors (Lipinski definition) is 5. The van der Waals surface area contributed by atoms with Crippen molar-refractivity contribution in [2.75, 3.05) is 11.1 Å². The van der Waals surface area contributed by atoms with Crippen molar-refractivity contribution in [3.8, 4) is 0 Å². The summed E-state index contributed by atoms with van der Waals surface area (Å²) in [6, 6.07) is 1.78. The second-order valence-corrected chi connectivity index (χ2v) is 6.19. The third-order valence-corrected chi connectivity index (χ3v) is 4.69. The molecular weight excluding hydrogens is 350 g/mol. The molecule has 0 radical (unpaired) electrons. The number of halogens is 4. The van der Waals surface area contributed by atoms with Crippen molar-refractivity contribution in [2.45, 2.75) is 23.7 Å². The van der Waals surface area contributed by atoms with E-state index in [9.17, 15) is 22.4 Å². The van der Waals surface area contributed by atoms with Crippen molar-refractivity contribution < 1.29 is 22.4 Å². The normalized spacial score (nSPS) is 17.5. The van der Waals surface area contributed by atoms with E-state index < -0.39 is 23.8 Å². The van der Waals surface area contributed by atoms with Gasteiger partial charge in [0.2, 0.25) is 5.95 Å². The molecule has 2 heterocycles. The predicted octanol–water partition coefficient (Wildman–Crippen LogP) is 2.99. The first kappa shape index (κ1) is 16.7. The molecule has 0 fully saturated rings. The molecule has 2 aromatic rings. The van der Waals surface area contributed by atoms with Crippen LogP contribution in [-0.4, -0.2) is 31.9 Å². The van der Waals surface area contributed by atoms with Crippen LogP contribution in [0.4, 0.5) is 23.5 Å². The Kier molecular flexibility index (Phi) is 4.20. The summed E-state index contributed by atoms with van der Waals surface area (Å²) in [5.41, 5.74) is -1.31. The van der Waals surface area contributed by atoms with Gasteiger partial charge in [0.25, 0.3) is 5.91 Å². The number of fused-ring (bicyclic) bond motifs is 1. The lowest BCUT2D eigenvalue weighted by Gasteiger charge is -2.25. The van der Waals surface area contributed by atoms with Crippen molar-refractivity contribution in [3.63, 3.8) is 0 Å². The van der Waals surface area contributed by atoms with Crippen LogP contribution in [0.3, 0.4) is 0 Å². The van der Waals surface area contributed by atoms with Crippen molar-refractivity contribution in [2.24, 2.45) is 7.05 Å². The molecule has 1 aliphatic heterocycles. The molecule has 0 spiro atoms. The molecule has 24 heavy (non-hydrogen) atoms. The molecular formula is C13H11F4N5OS. The SMILES string of the molecule is Cn1nnnc1NC(=O)c1ccc(C(F)(F)F)c2c1C(F)CCS2. The first-order valence-corrected chi connectivity index (χ1v) is 7.82. The average Bonchev–Trinajstić information content (AvgIpc) is 2.90. The van der Waals surface area contributed by atoms with Gasteiger partial charge >= 0.3 is 6.18 Å². The van der Waals surface area contributed by atoms with Crippen LogP contribution in [0.2, 0.25) is 0 Å². The van der Waals surface area contributed by atoms with Gasteiger partial charge in [-0.05, 0) is 29.0 Å². The van der Waals surface area contributed by atoms with Crippen LogP contribution in [0.1, 0.15) is 34.1 Å². The van der Waals surface area contributed by atoms with Crippen molar-refractivity contribution >= 4 is 23.6 Å². The lowest BCUT2D eigenvalue weighted by molar-refractivity contribution is -0.139. The minimum absolute atomic E-state index is 0.00696. The van der Waals surface area contributed by atoms with Gasteiger partial charge in [-0.3, -0.25) is 10.1 Å². The van der Waals surface area contributed by atoms with Crippen LogP contribution in [0.25, 0.3) is 0 Å². The Morgan fingerprint density at radius 2 is 2.17 bits per heavy atom. The minimum atomic E-state index is -4.61. The summed E-state index contributed by atoms with van der Waals surface area (Å²) in [6.07, 6.45) is -6.21. The van der Waals surface area contributed by atoms with Gasteiger partial charge in [0, 0.05) is 28.8 Å². The molecule has 0 bridgehead atoms. The molecule has 0 aliphatic carbocycles. The van der Waals surface area contributed by atoms with E-state index >= 15 is 0 Å². The van der Waals surface area contributed by atoms with Crippen LogP contribution in [0.5, 0.6) is 0 Å². The molecule has 1 amide bonds. The molecule has 11 heteroatoms. The number of aryl methyl sites for hydroxylation is 1. The largest absolute Gasteiger partial charge is 0.417 e. The fourth-order valence-corrected chi connectivity index (χ4v) is 3.66. The number of anilines is 1. The summed E-state index contributed by atoms with van der Waals surface area (Å²) in [5.74, 6) is -0.536. The van der Waals surface area contributed by atoms with E-state index in [-0.39, 0.29) is 34.1 Å². The molecule has 1 aromatic carbocycles. The number of benzene rings is 1. The maximum Gasteiger partial charge on any atom is 0.417 e. The van der Waals surface area contributed by atoms with Crippen LogP contribution < -0.4 is 5.32 Å². The molecule has 1 atom stereocenters. The molecule has 6 nitrogen and oxygen atoms in total. The Hall–Kier alpha value is -2.17. The number of carbonyl (C=O) groups is 1. The number of hydrogen-bond donors (Lipinski definition) is 1. The fourth-order valence-electron chi connectivity index (χ4n) is 2.40. The summed E-state index contributed by atoms with van der Waals surface area (Å²) in [4.78, 5) is 12.1. The van der Waals surface area contributed by atoms with Crippen LogP contribution >= 0.6 is 11.8 Å². The predicted molar refractivity (Wildman–Crippen MR) is 77.4 cm³/mol. The zero-order valence-electron chi connectivity index (χ0n) is 12.3. The number of carbonyl (C=O) groups excluding carboxylic acids is 1. The summed E-state index contributed by atoms with van der Waals surface area (Å²) in [7, 11) is 1.48. The molecule has 1 unspecified atom stereocenters. The number of alkyl halides is 4. The molecule has 1 N–H and O–H groups in total. The van der Waals surface area contributed by atoms with Crippen LogP contribution in [0.15, 0.2) is 17.0 Å². The molecule has 3 rings (SSSR count). The maximum atomic E-state index is 14.3. The average molecular weight is 361 g/mol. The third kappa shape index (κ3) is 2.95. The van der Waals surface area contributed by atoms with Crippen molar-refractivity contribution in [1.29, 1.82) is 0 Å². The Labute approximate surface area is 137 Å². The Morgan fingerprint density at radius 1 is 1.42 bits per heavy atom. The van der Waals surface area contributed by atoms with Gasteiger partial charge in [0.15, 0.2) is 0 Å². The van der Waals surface area contributed by atoms with E-state index in [0.717, 1.165) is 23.9 Å². The second kappa shape index (κ2) is 6.04. The van der Waals surface area contributed by atoms with Gasteiger partial charge in [0.05, 0.1) is 5.56 Å². The van der Waals surface area contributed by atoms with Gasteiger partial charge in [-0.15, -0.1) is 11.8 Å². The van der Waals surface area contributed by atoms with E-state index in [2.05, 4.69) is 20.8 Å². The fraction of sp³-hybridized carbons (Fsp3) is 0.385. The minimum Gasteiger partial charge on any atom is -0.289 e. The van der Waals surface area contributed by atoms with Crippen LogP contribution in [-0.2, 0) is 13.2 Å². The number of nitrogens with one attached hydrogen (secondary N) is 1. The number of aromatic nitrogens is 4. The second-order valence-electron chi connectivity index (χ2n) is 5.09. The number of thioether (sulfide) groups is 1. The summed E-state index contributed by atoms with van der Waals surface area (Å²) < 4.78 is 54.9. The highest BCUT2D eigenvalue weighted by Gasteiger charge is 2.38. The number of amides is 1. The molecule has 128 valence electrons. The third-order valence-electron chi connectivity index (χ3n) is 3.52. The zero-order chi connectivity index (χ0) is 17.5. The van der Waals surface area contributed by atoms with Crippen LogP contribution in [0, 0.1) is 0 Å². The lowest BCUT2D eigenvalue weighted by Crippen LogP contribution is -2.21. The summed E-state index contributed by atoms with van der Waals surface area (Å²) >= 11 is 0.903. The van der Waals surface area contributed by atoms with E-state index in [4.69, 9.17) is 0 Å². The standard InChI is InChI=1S/C13H11F4N5OS/c1-22-12(19-20-21-22)18-11(23)6-2-3-7(13(15,16)17)10-9(6)8(14)4-5-24-10/h2-3,8H,4-5H2,1H3,(H,18,19,21,23). The van der Waals surface area contributed by atoms with E-state index in [1.54, 1.807) is 0 Å². The lowest BCUT2D eigenvalue weighted by atomic mass is 9.97. The number of nitrogens with zero attached hydrogens (tertiary/aromatic N) is 4.